The van der Waals surface area contributed by atoms with Crippen molar-refractivity contribution in [1.29, 1.82) is 0 Å². The summed E-state index contributed by atoms with van der Waals surface area (Å²) >= 11 is 0. The fraction of sp³-hybridized carbons (Fsp3) is 1.00. The van der Waals surface area contributed by atoms with E-state index in [2.05, 4.69) is 25.7 Å². The lowest BCUT2D eigenvalue weighted by molar-refractivity contribution is 0.0276. The highest BCUT2D eigenvalue weighted by Crippen LogP contribution is 2.34. The Kier molecular flexibility index (Phi) is 5.07. The average Bonchev–Trinajstić information content (AvgIpc) is 2.30. The number of nitrogens with two attached hydrogens (primary N) is 1. The fourth-order valence-corrected chi connectivity index (χ4v) is 3.15. The van der Waals surface area contributed by atoms with Crippen LogP contribution in [0.5, 0.6) is 0 Å². The van der Waals surface area contributed by atoms with Gasteiger partial charge in [-0.25, -0.2) is 0 Å². The Morgan fingerprint density at radius 2 is 1.80 bits per heavy atom. The van der Waals surface area contributed by atoms with Crippen LogP contribution in [-0.2, 0) is 0 Å². The lowest BCUT2D eigenvalue weighted by Gasteiger charge is -2.48. The number of hydrogen-bond donors (Lipinski definition) is 1. The molecule has 1 aliphatic carbocycles. The average molecular weight is 212 g/mol. The minimum Gasteiger partial charge on any atom is -0.329 e. The van der Waals surface area contributed by atoms with Crippen molar-refractivity contribution >= 4 is 0 Å². The van der Waals surface area contributed by atoms with E-state index in [0.29, 0.717) is 11.6 Å². The first kappa shape index (κ1) is 13.0. The normalized spacial score (nSPS) is 23.0. The molecule has 2 heteroatoms. The second kappa shape index (κ2) is 5.86. The Bertz CT molecular complexity index is 173. The molecule has 0 heterocycles. The van der Waals surface area contributed by atoms with E-state index in [0.717, 1.165) is 13.1 Å². The second-order valence-corrected chi connectivity index (χ2v) is 5.03. The van der Waals surface area contributed by atoms with Gasteiger partial charge in [0.15, 0.2) is 0 Å². The van der Waals surface area contributed by atoms with E-state index in [1.807, 2.05) is 0 Å². The SMILES string of the molecule is CCC(C)N(CC)C1(CN)CCCCC1. The summed E-state index contributed by atoms with van der Waals surface area (Å²) in [6.45, 7) is 8.88. The van der Waals surface area contributed by atoms with Gasteiger partial charge in [-0.2, -0.15) is 0 Å². The molecule has 1 saturated carbocycles. The Morgan fingerprint density at radius 1 is 1.20 bits per heavy atom. The predicted octanol–water partition coefficient (Wildman–Crippen LogP) is 2.77. The molecule has 0 aromatic rings. The summed E-state index contributed by atoms with van der Waals surface area (Å²) in [5, 5.41) is 0. The molecule has 1 aliphatic rings. The number of nitrogens with zero attached hydrogens (tertiary/aromatic N) is 1. The minimum absolute atomic E-state index is 0.322. The number of rotatable bonds is 5. The van der Waals surface area contributed by atoms with Crippen LogP contribution in [0.25, 0.3) is 0 Å². The molecule has 1 unspecified atom stereocenters. The van der Waals surface area contributed by atoms with Gasteiger partial charge in [0.2, 0.25) is 0 Å². The zero-order valence-electron chi connectivity index (χ0n) is 10.8. The Labute approximate surface area is 95.2 Å². The van der Waals surface area contributed by atoms with Gasteiger partial charge in [0.1, 0.15) is 0 Å². The van der Waals surface area contributed by atoms with E-state index >= 15 is 0 Å². The van der Waals surface area contributed by atoms with E-state index < -0.39 is 0 Å². The molecular formula is C13H28N2. The first-order valence-corrected chi connectivity index (χ1v) is 6.67. The summed E-state index contributed by atoms with van der Waals surface area (Å²) in [5.74, 6) is 0. The maximum absolute atomic E-state index is 6.07. The van der Waals surface area contributed by atoms with Gasteiger partial charge in [-0.15, -0.1) is 0 Å². The molecule has 1 rings (SSSR count). The standard InChI is InChI=1S/C13H28N2/c1-4-12(3)15(5-2)13(11-14)9-7-6-8-10-13/h12H,4-11,14H2,1-3H3. The molecule has 0 spiro atoms. The summed E-state index contributed by atoms with van der Waals surface area (Å²) in [4.78, 5) is 2.66. The Balaban J connectivity index is 2.75. The molecule has 0 radical (unpaired) electrons. The first-order valence-electron chi connectivity index (χ1n) is 6.67. The quantitative estimate of drug-likeness (QED) is 0.759. The van der Waals surface area contributed by atoms with Gasteiger partial charge in [0.25, 0.3) is 0 Å². The molecule has 0 aromatic heterocycles. The summed E-state index contributed by atoms with van der Waals surface area (Å²) in [7, 11) is 0. The molecule has 90 valence electrons. The van der Waals surface area contributed by atoms with E-state index in [4.69, 9.17) is 5.73 Å². The zero-order chi connectivity index (χ0) is 11.3. The van der Waals surface area contributed by atoms with Crippen molar-refractivity contribution in [1.82, 2.24) is 4.90 Å². The molecule has 1 atom stereocenters. The van der Waals surface area contributed by atoms with Crippen molar-refractivity contribution in [3.63, 3.8) is 0 Å². The lowest BCUT2D eigenvalue weighted by atomic mass is 9.79. The molecule has 0 saturated heterocycles. The Morgan fingerprint density at radius 3 is 2.20 bits per heavy atom. The molecule has 0 aromatic carbocycles. The Hall–Kier alpha value is -0.0800. The molecule has 0 aliphatic heterocycles. The van der Waals surface area contributed by atoms with Crippen LogP contribution in [0.15, 0.2) is 0 Å². The molecule has 15 heavy (non-hydrogen) atoms. The smallest absolute Gasteiger partial charge is 0.0334 e. The van der Waals surface area contributed by atoms with Crippen molar-refractivity contribution in [2.24, 2.45) is 5.73 Å². The summed E-state index contributed by atoms with van der Waals surface area (Å²) in [6, 6.07) is 0.677. The highest BCUT2D eigenvalue weighted by atomic mass is 15.2. The van der Waals surface area contributed by atoms with Crippen LogP contribution < -0.4 is 5.73 Å². The summed E-state index contributed by atoms with van der Waals surface area (Å²) < 4.78 is 0. The summed E-state index contributed by atoms with van der Waals surface area (Å²) in [6.07, 6.45) is 7.98. The van der Waals surface area contributed by atoms with Crippen LogP contribution in [0.3, 0.4) is 0 Å². The number of hydrogen-bond acceptors (Lipinski definition) is 2. The fourth-order valence-electron chi connectivity index (χ4n) is 3.15. The van der Waals surface area contributed by atoms with E-state index in [9.17, 15) is 0 Å². The predicted molar refractivity (Wildman–Crippen MR) is 67.0 cm³/mol. The van der Waals surface area contributed by atoms with Gasteiger partial charge in [-0.05, 0) is 32.7 Å². The topological polar surface area (TPSA) is 29.3 Å². The van der Waals surface area contributed by atoms with Crippen LogP contribution in [0, 0.1) is 0 Å². The highest BCUT2D eigenvalue weighted by Gasteiger charge is 2.37. The molecule has 2 nitrogen and oxygen atoms in total. The van der Waals surface area contributed by atoms with Gasteiger partial charge in [0, 0.05) is 18.1 Å². The monoisotopic (exact) mass is 212 g/mol. The van der Waals surface area contributed by atoms with Crippen molar-refractivity contribution in [2.45, 2.75) is 70.9 Å². The molecule has 0 bridgehead atoms. The van der Waals surface area contributed by atoms with E-state index in [1.54, 1.807) is 0 Å². The maximum Gasteiger partial charge on any atom is 0.0334 e. The number of likely N-dealkylation sites (N-methyl/N-ethyl adjacent to an activating group) is 1. The van der Waals surface area contributed by atoms with Gasteiger partial charge < -0.3 is 5.73 Å². The van der Waals surface area contributed by atoms with Gasteiger partial charge in [-0.1, -0.05) is 33.1 Å². The molecule has 1 fully saturated rings. The van der Waals surface area contributed by atoms with Gasteiger partial charge in [0.05, 0.1) is 0 Å². The third-order valence-corrected chi connectivity index (χ3v) is 4.24. The van der Waals surface area contributed by atoms with Crippen molar-refractivity contribution in [3.05, 3.63) is 0 Å². The lowest BCUT2D eigenvalue weighted by Crippen LogP contribution is -2.57. The molecule has 0 amide bonds. The van der Waals surface area contributed by atoms with Crippen LogP contribution in [0.4, 0.5) is 0 Å². The van der Waals surface area contributed by atoms with Crippen molar-refractivity contribution in [2.75, 3.05) is 13.1 Å². The zero-order valence-corrected chi connectivity index (χ0v) is 10.8. The third-order valence-electron chi connectivity index (χ3n) is 4.24. The molecule has 2 N–H and O–H groups in total. The minimum atomic E-state index is 0.322. The van der Waals surface area contributed by atoms with Crippen LogP contribution in [-0.4, -0.2) is 29.6 Å². The van der Waals surface area contributed by atoms with Crippen molar-refractivity contribution < 1.29 is 0 Å². The van der Waals surface area contributed by atoms with Crippen LogP contribution >= 0.6 is 0 Å². The van der Waals surface area contributed by atoms with E-state index in [1.165, 1.54) is 38.5 Å². The summed E-state index contributed by atoms with van der Waals surface area (Å²) in [5.41, 5.74) is 6.39. The second-order valence-electron chi connectivity index (χ2n) is 5.03. The van der Waals surface area contributed by atoms with Crippen LogP contribution in [0.1, 0.15) is 59.3 Å². The largest absolute Gasteiger partial charge is 0.329 e. The third kappa shape index (κ3) is 2.73. The maximum atomic E-state index is 6.07. The van der Waals surface area contributed by atoms with Crippen molar-refractivity contribution in [3.8, 4) is 0 Å². The molecular weight excluding hydrogens is 184 g/mol. The van der Waals surface area contributed by atoms with Crippen LogP contribution in [0.2, 0.25) is 0 Å². The first-order chi connectivity index (χ1) is 7.20. The van der Waals surface area contributed by atoms with E-state index in [-0.39, 0.29) is 0 Å². The van der Waals surface area contributed by atoms with Gasteiger partial charge >= 0.3 is 0 Å². The highest BCUT2D eigenvalue weighted by molar-refractivity contribution is 4.95. The van der Waals surface area contributed by atoms with Gasteiger partial charge in [-0.3, -0.25) is 4.90 Å².